The van der Waals surface area contributed by atoms with Crippen LogP contribution in [-0.2, 0) is 0 Å². The van der Waals surface area contributed by atoms with E-state index in [1.54, 1.807) is 18.2 Å². The molecule has 0 fully saturated rings. The van der Waals surface area contributed by atoms with Crippen molar-refractivity contribution in [1.82, 2.24) is 0 Å². The van der Waals surface area contributed by atoms with Gasteiger partial charge < -0.3 is 5.73 Å². The third kappa shape index (κ3) is 2.14. The van der Waals surface area contributed by atoms with Crippen LogP contribution in [0, 0.1) is 0 Å². The van der Waals surface area contributed by atoms with Gasteiger partial charge in [-0.25, -0.2) is 0 Å². The van der Waals surface area contributed by atoms with Crippen molar-refractivity contribution in [3.8, 4) is 0 Å². The van der Waals surface area contributed by atoms with Crippen molar-refractivity contribution in [2.75, 3.05) is 5.73 Å². The largest absolute Gasteiger partial charge is 0.398 e. The van der Waals surface area contributed by atoms with Crippen molar-refractivity contribution >= 4 is 60.4 Å². The lowest BCUT2D eigenvalue weighted by Crippen LogP contribution is -2.02. The Labute approximate surface area is 133 Å². The molecule has 20 heavy (non-hydrogen) atoms. The molecule has 0 aliphatic heterocycles. The predicted molar refractivity (Wildman–Crippen MR) is 88.8 cm³/mol. The molecule has 5 heteroatoms. The predicted octanol–water partition coefficient (Wildman–Crippen LogP) is 5.13. The zero-order valence-electron chi connectivity index (χ0n) is 10.2. The summed E-state index contributed by atoms with van der Waals surface area (Å²) in [5.41, 5.74) is 7.26. The lowest BCUT2D eigenvalue weighted by Gasteiger charge is -2.05. The molecule has 3 aromatic rings. The van der Waals surface area contributed by atoms with Crippen LogP contribution in [-0.4, -0.2) is 5.78 Å². The van der Waals surface area contributed by atoms with Gasteiger partial charge in [0.15, 0.2) is 5.78 Å². The molecule has 2 N–H and O–H groups in total. The highest BCUT2D eigenvalue weighted by Crippen LogP contribution is 2.34. The average Bonchev–Trinajstić information content (AvgIpc) is 2.86. The minimum Gasteiger partial charge on any atom is -0.398 e. The second-order valence-corrected chi connectivity index (χ2v) is 6.42. The SMILES string of the molecule is Nc1cccc(C(=O)c2csc3c(Br)cccc23)c1Cl. The van der Waals surface area contributed by atoms with Gasteiger partial charge in [0, 0.05) is 31.1 Å². The molecule has 0 bridgehead atoms. The van der Waals surface area contributed by atoms with Crippen LogP contribution in [0.3, 0.4) is 0 Å². The first-order chi connectivity index (χ1) is 9.59. The molecule has 2 nitrogen and oxygen atoms in total. The molecular weight excluding hydrogens is 358 g/mol. The standard InChI is InChI=1S/C15H9BrClNOS/c16-11-5-1-3-8-10(7-20-15(8)11)14(19)9-4-2-6-12(18)13(9)17/h1-7H,18H2. The Kier molecular flexibility index (Phi) is 3.54. The normalized spacial score (nSPS) is 10.9. The molecule has 0 radical (unpaired) electrons. The monoisotopic (exact) mass is 365 g/mol. The highest BCUT2D eigenvalue weighted by Gasteiger charge is 2.18. The molecule has 3 rings (SSSR count). The summed E-state index contributed by atoms with van der Waals surface area (Å²) < 4.78 is 2.04. The number of hydrogen-bond acceptors (Lipinski definition) is 3. The zero-order chi connectivity index (χ0) is 14.3. The van der Waals surface area contributed by atoms with Crippen LogP contribution in [0.4, 0.5) is 5.69 Å². The van der Waals surface area contributed by atoms with Gasteiger partial charge in [0.1, 0.15) is 0 Å². The maximum Gasteiger partial charge on any atom is 0.196 e. The summed E-state index contributed by atoms with van der Waals surface area (Å²) in [5.74, 6) is -0.105. The zero-order valence-corrected chi connectivity index (χ0v) is 13.3. The van der Waals surface area contributed by atoms with Crippen LogP contribution in [0.15, 0.2) is 46.3 Å². The molecule has 100 valence electrons. The molecule has 0 spiro atoms. The number of halogens is 2. The highest BCUT2D eigenvalue weighted by molar-refractivity contribution is 9.10. The maximum absolute atomic E-state index is 12.7. The summed E-state index contributed by atoms with van der Waals surface area (Å²) in [6, 6.07) is 10.9. The molecule has 0 saturated heterocycles. The minimum atomic E-state index is -0.105. The van der Waals surface area contributed by atoms with Crippen molar-refractivity contribution in [1.29, 1.82) is 0 Å². The fourth-order valence-corrected chi connectivity index (χ4v) is 3.88. The van der Waals surface area contributed by atoms with Crippen LogP contribution in [0.5, 0.6) is 0 Å². The molecule has 1 heterocycles. The molecule has 0 unspecified atom stereocenters. The van der Waals surface area contributed by atoms with E-state index in [2.05, 4.69) is 15.9 Å². The summed E-state index contributed by atoms with van der Waals surface area (Å²) in [5, 5.41) is 3.09. The number of hydrogen-bond donors (Lipinski definition) is 1. The smallest absolute Gasteiger partial charge is 0.196 e. The third-order valence-corrected chi connectivity index (χ3v) is 5.44. The molecular formula is C15H9BrClNOS. The molecule has 2 aromatic carbocycles. The van der Waals surface area contributed by atoms with Gasteiger partial charge in [0.2, 0.25) is 0 Å². The van der Waals surface area contributed by atoms with E-state index in [9.17, 15) is 4.79 Å². The third-order valence-electron chi connectivity index (χ3n) is 3.07. The quantitative estimate of drug-likeness (QED) is 0.504. The Morgan fingerprint density at radius 1 is 1.15 bits per heavy atom. The highest BCUT2D eigenvalue weighted by atomic mass is 79.9. The van der Waals surface area contributed by atoms with E-state index in [0.717, 1.165) is 14.6 Å². The number of benzene rings is 2. The van der Waals surface area contributed by atoms with E-state index >= 15 is 0 Å². The topological polar surface area (TPSA) is 43.1 Å². The number of carbonyl (C=O) groups is 1. The average molecular weight is 367 g/mol. The first-order valence-electron chi connectivity index (χ1n) is 5.84. The molecule has 0 atom stereocenters. The summed E-state index contributed by atoms with van der Waals surface area (Å²) in [7, 11) is 0. The van der Waals surface area contributed by atoms with Gasteiger partial charge >= 0.3 is 0 Å². The fraction of sp³-hybridized carbons (Fsp3) is 0. The first kappa shape index (κ1) is 13.6. The number of anilines is 1. The second kappa shape index (κ2) is 5.20. The van der Waals surface area contributed by atoms with E-state index in [0.29, 0.717) is 21.8 Å². The van der Waals surface area contributed by atoms with Gasteiger partial charge in [0.25, 0.3) is 0 Å². The van der Waals surface area contributed by atoms with Gasteiger partial charge in [-0.1, -0.05) is 29.8 Å². The molecule has 0 aliphatic carbocycles. The van der Waals surface area contributed by atoms with Crippen LogP contribution in [0.25, 0.3) is 10.1 Å². The van der Waals surface area contributed by atoms with E-state index in [-0.39, 0.29) is 5.78 Å². The lowest BCUT2D eigenvalue weighted by molar-refractivity contribution is 0.104. The Balaban J connectivity index is 2.18. The van der Waals surface area contributed by atoms with Crippen molar-refractivity contribution in [2.45, 2.75) is 0 Å². The Morgan fingerprint density at radius 3 is 2.70 bits per heavy atom. The number of rotatable bonds is 2. The van der Waals surface area contributed by atoms with Crippen LogP contribution in [0.2, 0.25) is 5.02 Å². The van der Waals surface area contributed by atoms with Crippen LogP contribution < -0.4 is 5.73 Å². The number of nitrogen functional groups attached to an aromatic ring is 1. The summed E-state index contributed by atoms with van der Waals surface area (Å²) in [6.07, 6.45) is 0. The van der Waals surface area contributed by atoms with Gasteiger partial charge in [-0.15, -0.1) is 11.3 Å². The van der Waals surface area contributed by atoms with Gasteiger partial charge in [-0.05, 0) is 34.1 Å². The van der Waals surface area contributed by atoms with Crippen LogP contribution >= 0.6 is 38.9 Å². The number of ketones is 1. The van der Waals surface area contributed by atoms with E-state index in [4.69, 9.17) is 17.3 Å². The number of nitrogens with two attached hydrogens (primary N) is 1. The number of carbonyl (C=O) groups excluding carboxylic acids is 1. The molecule has 0 saturated carbocycles. The van der Waals surface area contributed by atoms with Crippen molar-refractivity contribution in [2.24, 2.45) is 0 Å². The first-order valence-corrected chi connectivity index (χ1v) is 7.89. The van der Waals surface area contributed by atoms with Crippen molar-refractivity contribution in [3.05, 3.63) is 62.4 Å². The van der Waals surface area contributed by atoms with E-state index < -0.39 is 0 Å². The van der Waals surface area contributed by atoms with Gasteiger partial charge in [-0.3, -0.25) is 4.79 Å². The Morgan fingerprint density at radius 2 is 1.90 bits per heavy atom. The number of fused-ring (bicyclic) bond motifs is 1. The van der Waals surface area contributed by atoms with Gasteiger partial charge in [-0.2, -0.15) is 0 Å². The van der Waals surface area contributed by atoms with E-state index in [1.807, 2.05) is 23.6 Å². The Bertz CT molecular complexity index is 828. The summed E-state index contributed by atoms with van der Waals surface area (Å²) >= 11 is 11.2. The van der Waals surface area contributed by atoms with E-state index in [1.165, 1.54) is 11.3 Å². The summed E-state index contributed by atoms with van der Waals surface area (Å²) in [6.45, 7) is 0. The fourth-order valence-electron chi connectivity index (χ4n) is 2.07. The maximum atomic E-state index is 12.7. The Hall–Kier alpha value is -1.36. The lowest BCUT2D eigenvalue weighted by atomic mass is 10.0. The number of thiophene rings is 1. The molecule has 0 amide bonds. The van der Waals surface area contributed by atoms with Crippen LogP contribution in [0.1, 0.15) is 15.9 Å². The second-order valence-electron chi connectivity index (χ2n) is 4.30. The van der Waals surface area contributed by atoms with Crippen molar-refractivity contribution < 1.29 is 4.79 Å². The molecule has 1 aromatic heterocycles. The minimum absolute atomic E-state index is 0.105. The van der Waals surface area contributed by atoms with Gasteiger partial charge in [0.05, 0.1) is 10.7 Å². The molecule has 0 aliphatic rings. The summed E-state index contributed by atoms with van der Waals surface area (Å²) in [4.78, 5) is 12.7. The van der Waals surface area contributed by atoms with Crippen molar-refractivity contribution in [3.63, 3.8) is 0 Å².